The number of hydrogen-bond acceptors (Lipinski definition) is 8. The van der Waals surface area contributed by atoms with Crippen LogP contribution in [0.4, 0.5) is 0 Å². The van der Waals surface area contributed by atoms with Gasteiger partial charge >= 0.3 is 0 Å². The Balaban J connectivity index is 0.000000240. The quantitative estimate of drug-likeness (QED) is 0.567. The van der Waals surface area contributed by atoms with Gasteiger partial charge in [0.1, 0.15) is 0 Å². The summed E-state index contributed by atoms with van der Waals surface area (Å²) in [5, 5.41) is 40.9. The Morgan fingerprint density at radius 3 is 1.04 bits per heavy atom. The Kier molecular flexibility index (Phi) is 6.19. The lowest BCUT2D eigenvalue weighted by Crippen LogP contribution is -2.25. The zero-order valence-corrected chi connectivity index (χ0v) is 11.9. The van der Waals surface area contributed by atoms with E-state index in [0.717, 1.165) is 30.3 Å². The fourth-order valence-electron chi connectivity index (χ4n) is 1.52. The van der Waals surface area contributed by atoms with Crippen molar-refractivity contribution in [2.75, 3.05) is 0 Å². The lowest BCUT2D eigenvalue weighted by atomic mass is 10.1. The minimum Gasteiger partial charge on any atom is -0.545 e. The van der Waals surface area contributed by atoms with Crippen molar-refractivity contribution >= 4 is 23.9 Å². The van der Waals surface area contributed by atoms with Crippen LogP contribution in [-0.4, -0.2) is 23.9 Å². The molecule has 8 heteroatoms. The molecule has 124 valence electrons. The third-order valence-corrected chi connectivity index (χ3v) is 2.69. The van der Waals surface area contributed by atoms with E-state index in [1.807, 2.05) is 0 Å². The van der Waals surface area contributed by atoms with Crippen LogP contribution in [0.25, 0.3) is 0 Å². The standard InChI is InChI=1S/2C8H6O4/c9-7(10)5-1-2-6(4-3-5)8(11)12;9-7(10)5-2-1-3-6(4-5)8(11)12/h2*1-4H,(H,9,10)(H,11,12)/p-4. The van der Waals surface area contributed by atoms with Crippen molar-refractivity contribution in [2.45, 2.75) is 0 Å². The van der Waals surface area contributed by atoms with Gasteiger partial charge in [-0.2, -0.15) is 0 Å². The first kappa shape index (κ1) is 18.4. The Morgan fingerprint density at radius 2 is 0.792 bits per heavy atom. The van der Waals surface area contributed by atoms with E-state index >= 15 is 0 Å². The highest BCUT2D eigenvalue weighted by atomic mass is 16.4. The Bertz CT molecular complexity index is 715. The molecule has 0 radical (unpaired) electrons. The molecule has 0 bridgehead atoms. The number of hydrogen-bond donors (Lipinski definition) is 0. The first-order chi connectivity index (χ1) is 11.2. The number of rotatable bonds is 4. The first-order valence-electron chi connectivity index (χ1n) is 6.28. The molecule has 0 spiro atoms. The van der Waals surface area contributed by atoms with Crippen LogP contribution in [-0.2, 0) is 0 Å². The van der Waals surface area contributed by atoms with Gasteiger partial charge in [0.15, 0.2) is 0 Å². The molecule has 0 amide bonds. The largest absolute Gasteiger partial charge is 0.545 e. The van der Waals surface area contributed by atoms with Gasteiger partial charge in [0.25, 0.3) is 0 Å². The van der Waals surface area contributed by atoms with Crippen LogP contribution in [0, 0.1) is 0 Å². The molecule has 2 aromatic carbocycles. The Morgan fingerprint density at radius 1 is 0.500 bits per heavy atom. The summed E-state index contributed by atoms with van der Waals surface area (Å²) in [6.07, 6.45) is 0. The van der Waals surface area contributed by atoms with Crippen LogP contribution in [0.15, 0.2) is 48.5 Å². The molecule has 0 saturated heterocycles. The van der Waals surface area contributed by atoms with E-state index in [2.05, 4.69) is 0 Å². The van der Waals surface area contributed by atoms with Gasteiger partial charge in [-0.05, 0) is 28.3 Å². The van der Waals surface area contributed by atoms with Gasteiger partial charge < -0.3 is 39.6 Å². The normalized spacial score (nSPS) is 9.33. The fraction of sp³-hybridized carbons (Fsp3) is 0. The molecule has 24 heavy (non-hydrogen) atoms. The van der Waals surface area contributed by atoms with Gasteiger partial charge in [-0.25, -0.2) is 0 Å². The lowest BCUT2D eigenvalue weighted by molar-refractivity contribution is -0.256. The second-order valence-corrected chi connectivity index (χ2v) is 4.31. The summed E-state index contributed by atoms with van der Waals surface area (Å²) in [6, 6.07) is 9.42. The van der Waals surface area contributed by atoms with E-state index in [1.165, 1.54) is 18.2 Å². The molecule has 0 aliphatic heterocycles. The van der Waals surface area contributed by atoms with Crippen LogP contribution >= 0.6 is 0 Å². The van der Waals surface area contributed by atoms with Crippen molar-refractivity contribution in [2.24, 2.45) is 0 Å². The summed E-state index contributed by atoms with van der Waals surface area (Å²) in [5.41, 5.74) is -0.451. The average Bonchev–Trinajstić information content (AvgIpc) is 2.55. The van der Waals surface area contributed by atoms with Crippen LogP contribution in [0.5, 0.6) is 0 Å². The third-order valence-electron chi connectivity index (χ3n) is 2.69. The van der Waals surface area contributed by atoms with Crippen LogP contribution < -0.4 is 20.4 Å². The molecule has 0 atom stereocenters. The van der Waals surface area contributed by atoms with Crippen molar-refractivity contribution < 1.29 is 39.6 Å². The second-order valence-electron chi connectivity index (χ2n) is 4.31. The van der Waals surface area contributed by atoms with Crippen molar-refractivity contribution in [3.63, 3.8) is 0 Å². The molecule has 0 aliphatic rings. The van der Waals surface area contributed by atoms with E-state index in [4.69, 9.17) is 0 Å². The molecule has 0 saturated carbocycles. The van der Waals surface area contributed by atoms with E-state index in [9.17, 15) is 39.6 Å². The first-order valence-corrected chi connectivity index (χ1v) is 6.28. The van der Waals surface area contributed by atoms with Crippen LogP contribution in [0.1, 0.15) is 41.4 Å². The van der Waals surface area contributed by atoms with E-state index in [0.29, 0.717) is 0 Å². The van der Waals surface area contributed by atoms with Gasteiger partial charge in [0.2, 0.25) is 0 Å². The van der Waals surface area contributed by atoms with E-state index in [-0.39, 0.29) is 22.3 Å². The minimum absolute atomic E-state index is 0.0556. The number of carboxylic acids is 4. The molecule has 0 heterocycles. The monoisotopic (exact) mass is 328 g/mol. The number of carbonyl (C=O) groups is 4. The van der Waals surface area contributed by atoms with Crippen LogP contribution in [0.3, 0.4) is 0 Å². The summed E-state index contributed by atoms with van der Waals surface area (Å²) < 4.78 is 0. The summed E-state index contributed by atoms with van der Waals surface area (Å²) in [4.78, 5) is 40.9. The molecule has 2 aromatic rings. The SMILES string of the molecule is O=C([O-])c1ccc(C(=O)[O-])cc1.O=C([O-])c1cccc(C(=O)[O-])c1. The predicted octanol–water partition coefficient (Wildman–Crippen LogP) is -3.17. The van der Waals surface area contributed by atoms with Gasteiger partial charge in [-0.1, -0.05) is 42.5 Å². The van der Waals surface area contributed by atoms with Crippen LogP contribution in [0.2, 0.25) is 0 Å². The van der Waals surface area contributed by atoms with Crippen molar-refractivity contribution in [1.82, 2.24) is 0 Å². The highest BCUT2D eigenvalue weighted by Crippen LogP contribution is 2.03. The van der Waals surface area contributed by atoms with Gasteiger partial charge in [0, 0.05) is 0 Å². The maximum Gasteiger partial charge on any atom is 0.0715 e. The van der Waals surface area contributed by atoms with Gasteiger partial charge in [0.05, 0.1) is 23.9 Å². The lowest BCUT2D eigenvalue weighted by Gasteiger charge is -2.05. The zero-order chi connectivity index (χ0) is 18.3. The molecule has 0 unspecified atom stereocenters. The molecule has 2 rings (SSSR count). The van der Waals surface area contributed by atoms with E-state index < -0.39 is 23.9 Å². The van der Waals surface area contributed by atoms with Crippen molar-refractivity contribution in [1.29, 1.82) is 0 Å². The minimum atomic E-state index is -1.40. The molecule has 0 aliphatic carbocycles. The third kappa shape index (κ3) is 5.26. The molecular weight excluding hydrogens is 320 g/mol. The predicted molar refractivity (Wildman–Crippen MR) is 70.2 cm³/mol. The maximum absolute atomic E-state index is 10.3. The van der Waals surface area contributed by atoms with E-state index in [1.54, 1.807) is 0 Å². The highest BCUT2D eigenvalue weighted by Gasteiger charge is 1.96. The molecule has 0 N–H and O–H groups in total. The summed E-state index contributed by atoms with van der Waals surface area (Å²) >= 11 is 0. The summed E-state index contributed by atoms with van der Waals surface area (Å²) in [7, 11) is 0. The van der Waals surface area contributed by atoms with Gasteiger partial charge in [-0.15, -0.1) is 0 Å². The van der Waals surface area contributed by atoms with Crippen molar-refractivity contribution in [3.05, 3.63) is 70.8 Å². The summed E-state index contributed by atoms with van der Waals surface area (Å²) in [5.74, 6) is -5.48. The molecule has 8 nitrogen and oxygen atoms in total. The number of benzene rings is 2. The smallest absolute Gasteiger partial charge is 0.0715 e. The van der Waals surface area contributed by atoms with Crippen molar-refractivity contribution in [3.8, 4) is 0 Å². The molecule has 0 aromatic heterocycles. The summed E-state index contributed by atoms with van der Waals surface area (Å²) in [6.45, 7) is 0. The molecule has 0 fully saturated rings. The second kappa shape index (κ2) is 8.08. The zero-order valence-electron chi connectivity index (χ0n) is 11.9. The topological polar surface area (TPSA) is 161 Å². The average molecular weight is 328 g/mol. The number of carbonyl (C=O) groups excluding carboxylic acids is 4. The van der Waals surface area contributed by atoms with Gasteiger partial charge in [-0.3, -0.25) is 0 Å². The number of carboxylic acid groups (broad SMARTS) is 4. The fourth-order valence-corrected chi connectivity index (χ4v) is 1.52. The Hall–Kier alpha value is -3.68. The number of aromatic carboxylic acids is 4. The maximum atomic E-state index is 10.3. The highest BCUT2D eigenvalue weighted by molar-refractivity contribution is 5.92. The molecular formula is C16H8O8-4. The Labute approximate surface area is 135 Å².